The third-order valence-electron chi connectivity index (χ3n) is 6.30. The number of nitrogens with one attached hydrogen (secondary N) is 3. The summed E-state index contributed by atoms with van der Waals surface area (Å²) in [5.74, 6) is 0.691. The molecular weight excluding hydrogens is 503 g/mol. The second-order valence-electron chi connectivity index (χ2n) is 8.95. The molecule has 0 bridgehead atoms. The third-order valence-corrected chi connectivity index (χ3v) is 7.80. The van der Waals surface area contributed by atoms with E-state index in [2.05, 4.69) is 30.9 Å². The van der Waals surface area contributed by atoms with Gasteiger partial charge in [-0.15, -0.1) is 0 Å². The zero-order valence-electron chi connectivity index (χ0n) is 20.7. The van der Waals surface area contributed by atoms with Crippen molar-refractivity contribution >= 4 is 39.8 Å². The zero-order chi connectivity index (χ0) is 26.3. The van der Waals surface area contributed by atoms with E-state index in [1.54, 1.807) is 42.9 Å². The average molecular weight is 533 g/mol. The first-order chi connectivity index (χ1) is 18.5. The van der Waals surface area contributed by atoms with E-state index in [9.17, 15) is 8.60 Å². The molecule has 1 aliphatic heterocycles. The molecule has 0 amide bonds. The molecule has 5 N–H and O–H groups in total. The first kappa shape index (κ1) is 25.7. The molecule has 196 valence electrons. The lowest BCUT2D eigenvalue weighted by Crippen LogP contribution is -2.42. The largest absolute Gasteiger partial charge is 0.398 e. The van der Waals surface area contributed by atoms with Crippen molar-refractivity contribution in [2.75, 3.05) is 29.5 Å². The summed E-state index contributed by atoms with van der Waals surface area (Å²) in [6.07, 6.45) is 6.93. The minimum atomic E-state index is -1.23. The van der Waals surface area contributed by atoms with Crippen LogP contribution in [0.2, 0.25) is 0 Å². The molecule has 38 heavy (non-hydrogen) atoms. The van der Waals surface area contributed by atoms with Crippen molar-refractivity contribution in [3.63, 3.8) is 0 Å². The highest BCUT2D eigenvalue weighted by Gasteiger charge is 2.23. The number of benzene rings is 2. The maximum Gasteiger partial charge on any atom is 0.229 e. The molecule has 1 aliphatic rings. The van der Waals surface area contributed by atoms with Gasteiger partial charge in [-0.1, -0.05) is 0 Å². The Morgan fingerprint density at radius 3 is 2.39 bits per heavy atom. The number of nitrogen functional groups attached to an aromatic ring is 1. The fraction of sp³-hybridized carbons (Fsp3) is 0.222. The Kier molecular flexibility index (Phi) is 8.17. The molecule has 2 aromatic carbocycles. The highest BCUT2D eigenvalue weighted by atomic mass is 32.2. The second-order valence-corrected chi connectivity index (χ2v) is 10.4. The van der Waals surface area contributed by atoms with Gasteiger partial charge in [-0.2, -0.15) is 4.98 Å². The summed E-state index contributed by atoms with van der Waals surface area (Å²) in [6.45, 7) is 2.17. The van der Waals surface area contributed by atoms with E-state index in [-0.39, 0.29) is 5.82 Å². The fourth-order valence-electron chi connectivity index (χ4n) is 4.17. The summed E-state index contributed by atoms with van der Waals surface area (Å²) in [4.78, 5) is 13.6. The van der Waals surface area contributed by atoms with E-state index in [0.29, 0.717) is 24.4 Å². The van der Waals surface area contributed by atoms with Crippen molar-refractivity contribution in [1.29, 1.82) is 0 Å². The molecule has 0 spiro atoms. The Morgan fingerprint density at radius 1 is 0.947 bits per heavy atom. The molecule has 1 saturated heterocycles. The van der Waals surface area contributed by atoms with Crippen LogP contribution in [-0.4, -0.2) is 42.6 Å². The van der Waals surface area contributed by atoms with Crippen molar-refractivity contribution in [3.05, 3.63) is 90.6 Å². The number of hydrogen-bond donors (Lipinski definition) is 4. The van der Waals surface area contributed by atoms with E-state index in [1.165, 1.54) is 12.1 Å². The van der Waals surface area contributed by atoms with E-state index in [4.69, 9.17) is 5.73 Å². The zero-order valence-corrected chi connectivity index (χ0v) is 21.5. The molecule has 11 heteroatoms. The summed E-state index contributed by atoms with van der Waals surface area (Å²) >= 11 is 0. The number of anilines is 5. The monoisotopic (exact) mass is 532 g/mol. The van der Waals surface area contributed by atoms with Crippen molar-refractivity contribution in [2.24, 2.45) is 0 Å². The Labute approximate surface area is 223 Å². The van der Waals surface area contributed by atoms with Crippen molar-refractivity contribution in [1.82, 2.24) is 24.6 Å². The second kappa shape index (κ2) is 12.1. The van der Waals surface area contributed by atoms with Gasteiger partial charge < -0.3 is 21.7 Å². The van der Waals surface area contributed by atoms with Gasteiger partial charge in [0.15, 0.2) is 0 Å². The lowest BCUT2D eigenvalue weighted by Gasteiger charge is -2.31. The maximum absolute atomic E-state index is 13.2. The predicted molar refractivity (Wildman–Crippen MR) is 148 cm³/mol. The van der Waals surface area contributed by atoms with Crippen molar-refractivity contribution in [2.45, 2.75) is 30.3 Å². The summed E-state index contributed by atoms with van der Waals surface area (Å²) in [5.41, 5.74) is 9.24. The maximum atomic E-state index is 13.2. The van der Waals surface area contributed by atoms with Gasteiger partial charge in [-0.3, -0.25) is 4.98 Å². The van der Waals surface area contributed by atoms with E-state index in [1.807, 2.05) is 28.6 Å². The van der Waals surface area contributed by atoms with Gasteiger partial charge in [-0.05, 0) is 73.5 Å². The number of nitrogens with two attached hydrogens (primary N) is 1. The lowest BCUT2D eigenvalue weighted by atomic mass is 10.1. The summed E-state index contributed by atoms with van der Waals surface area (Å²) in [7, 11) is -1.23. The Hall–Kier alpha value is -3.93. The summed E-state index contributed by atoms with van der Waals surface area (Å²) < 4.78 is 28.3. The van der Waals surface area contributed by atoms with Crippen LogP contribution in [0.4, 0.5) is 33.2 Å². The Bertz CT molecular complexity index is 1380. The number of aromatic nitrogens is 3. The molecule has 0 radical (unpaired) electrons. The average Bonchev–Trinajstić information content (AvgIpc) is 2.94. The van der Waals surface area contributed by atoms with Gasteiger partial charge in [0, 0.05) is 66.9 Å². The lowest BCUT2D eigenvalue weighted by molar-refractivity contribution is 0.299. The topological polar surface area (TPSA) is 121 Å². The van der Waals surface area contributed by atoms with Gasteiger partial charge in [0.25, 0.3) is 0 Å². The van der Waals surface area contributed by atoms with E-state index >= 15 is 0 Å². The minimum absolute atomic E-state index is 0.297. The smallest absolute Gasteiger partial charge is 0.229 e. The van der Waals surface area contributed by atoms with Gasteiger partial charge in [0.2, 0.25) is 5.95 Å². The quantitative estimate of drug-likeness (QED) is 0.251. The molecule has 3 heterocycles. The number of nitrogens with zero attached hydrogens (tertiary/aromatic N) is 4. The SMILES string of the molecule is Nc1ccncc1CNC1CCN(S(=O)c2ccc(Nc3nccc(Nc4ccc(F)cc4)n3)cc2)CC1. The van der Waals surface area contributed by atoms with E-state index < -0.39 is 11.0 Å². The first-order valence-corrected chi connectivity index (χ1v) is 13.5. The molecule has 1 atom stereocenters. The highest BCUT2D eigenvalue weighted by molar-refractivity contribution is 7.82. The summed E-state index contributed by atoms with van der Waals surface area (Å²) in [5, 5.41) is 9.83. The minimum Gasteiger partial charge on any atom is -0.398 e. The van der Waals surface area contributed by atoms with Crippen LogP contribution in [0.25, 0.3) is 0 Å². The standard InChI is InChI=1S/C27H29FN8OS/c28-20-1-3-22(4-2-20)33-26-10-14-31-27(35-26)34-23-5-7-24(8-6-23)38(37)36-15-11-21(12-16-36)32-18-19-17-30-13-9-25(19)29/h1-10,13-14,17,21,32H,11-12,15-16,18H2,(H2,29,30)(H2,31,33,34,35). The van der Waals surface area contributed by atoms with Crippen LogP contribution in [-0.2, 0) is 17.5 Å². The number of pyridine rings is 1. The fourth-order valence-corrected chi connectivity index (χ4v) is 5.38. The Morgan fingerprint density at radius 2 is 1.66 bits per heavy atom. The van der Waals surface area contributed by atoms with Crippen LogP contribution in [0.3, 0.4) is 0 Å². The van der Waals surface area contributed by atoms with Crippen LogP contribution in [0, 0.1) is 5.82 Å². The van der Waals surface area contributed by atoms with Crippen LogP contribution in [0.1, 0.15) is 18.4 Å². The Balaban J connectivity index is 1.12. The van der Waals surface area contributed by atoms with Crippen LogP contribution >= 0.6 is 0 Å². The normalized spacial score (nSPS) is 15.2. The van der Waals surface area contributed by atoms with Crippen LogP contribution < -0.4 is 21.7 Å². The molecule has 1 fully saturated rings. The first-order valence-electron chi connectivity index (χ1n) is 12.3. The number of piperidine rings is 1. The molecule has 4 aromatic rings. The predicted octanol–water partition coefficient (Wildman–Crippen LogP) is 4.36. The number of hydrogen-bond acceptors (Lipinski definition) is 8. The van der Waals surface area contributed by atoms with Crippen LogP contribution in [0.15, 0.2) is 84.1 Å². The summed E-state index contributed by atoms with van der Waals surface area (Å²) in [6, 6.07) is 17.4. The van der Waals surface area contributed by atoms with E-state index in [0.717, 1.165) is 53.5 Å². The molecule has 0 aliphatic carbocycles. The molecular formula is C27H29FN8OS. The van der Waals surface area contributed by atoms with Gasteiger partial charge in [-0.25, -0.2) is 17.9 Å². The number of rotatable bonds is 9. The molecule has 2 aromatic heterocycles. The number of halogens is 1. The molecule has 5 rings (SSSR count). The van der Waals surface area contributed by atoms with Gasteiger partial charge in [0.1, 0.15) is 22.6 Å². The molecule has 9 nitrogen and oxygen atoms in total. The van der Waals surface area contributed by atoms with Crippen molar-refractivity contribution < 1.29 is 8.60 Å². The van der Waals surface area contributed by atoms with Crippen LogP contribution in [0.5, 0.6) is 0 Å². The molecule has 1 unspecified atom stereocenters. The highest BCUT2D eigenvalue weighted by Crippen LogP contribution is 2.22. The molecule has 0 saturated carbocycles. The van der Waals surface area contributed by atoms with Gasteiger partial charge >= 0.3 is 0 Å². The third kappa shape index (κ3) is 6.68. The van der Waals surface area contributed by atoms with Crippen molar-refractivity contribution in [3.8, 4) is 0 Å². The van der Waals surface area contributed by atoms with Gasteiger partial charge in [0.05, 0.1) is 4.90 Å².